The molecule has 0 aliphatic carbocycles. The van der Waals surface area contributed by atoms with E-state index in [1.165, 1.54) is 18.2 Å². The van der Waals surface area contributed by atoms with Gasteiger partial charge in [0.1, 0.15) is 5.82 Å². The highest BCUT2D eigenvalue weighted by Gasteiger charge is 2.28. The minimum Gasteiger partial charge on any atom is -0.388 e. The van der Waals surface area contributed by atoms with E-state index in [4.69, 9.17) is 0 Å². The number of nitrogens with one attached hydrogen (secondary N) is 2. The summed E-state index contributed by atoms with van der Waals surface area (Å²) < 4.78 is 13.0. The van der Waals surface area contributed by atoms with E-state index in [0.717, 1.165) is 6.42 Å². The third-order valence-electron chi connectivity index (χ3n) is 3.92. The third-order valence-corrected chi connectivity index (χ3v) is 3.92. The zero-order chi connectivity index (χ0) is 16.9. The van der Waals surface area contributed by atoms with E-state index in [1.807, 2.05) is 13.8 Å². The van der Waals surface area contributed by atoms with Gasteiger partial charge in [-0.05, 0) is 43.5 Å². The SMILES string of the molecule is CC[C@@H](C)[C@@](C)(O)CNC(=O)C(=O)Nc1ccc(F)cc1C. The van der Waals surface area contributed by atoms with E-state index in [2.05, 4.69) is 10.6 Å². The van der Waals surface area contributed by atoms with Gasteiger partial charge in [-0.25, -0.2) is 4.39 Å². The van der Waals surface area contributed by atoms with E-state index in [-0.39, 0.29) is 12.5 Å². The van der Waals surface area contributed by atoms with Crippen LogP contribution in [-0.2, 0) is 9.59 Å². The van der Waals surface area contributed by atoms with Gasteiger partial charge >= 0.3 is 11.8 Å². The van der Waals surface area contributed by atoms with Gasteiger partial charge < -0.3 is 15.7 Å². The van der Waals surface area contributed by atoms with Crippen molar-refractivity contribution in [3.8, 4) is 0 Å². The van der Waals surface area contributed by atoms with Crippen molar-refractivity contribution in [3.05, 3.63) is 29.6 Å². The van der Waals surface area contributed by atoms with Crippen molar-refractivity contribution in [3.63, 3.8) is 0 Å². The maximum absolute atomic E-state index is 13.0. The van der Waals surface area contributed by atoms with Gasteiger partial charge in [-0.3, -0.25) is 9.59 Å². The fourth-order valence-electron chi connectivity index (χ4n) is 1.90. The second-order valence-corrected chi connectivity index (χ2v) is 5.76. The number of amides is 2. The summed E-state index contributed by atoms with van der Waals surface area (Å²) in [5, 5.41) is 15.0. The second-order valence-electron chi connectivity index (χ2n) is 5.76. The van der Waals surface area contributed by atoms with Gasteiger partial charge in [0.25, 0.3) is 0 Å². The molecule has 0 aromatic heterocycles. The smallest absolute Gasteiger partial charge is 0.313 e. The lowest BCUT2D eigenvalue weighted by Gasteiger charge is -2.29. The number of benzene rings is 1. The molecule has 1 aromatic carbocycles. The summed E-state index contributed by atoms with van der Waals surface area (Å²) in [4.78, 5) is 23.6. The first-order valence-electron chi connectivity index (χ1n) is 7.25. The molecule has 0 fully saturated rings. The van der Waals surface area contributed by atoms with Gasteiger partial charge in [0, 0.05) is 12.2 Å². The second kappa shape index (κ2) is 7.35. The Morgan fingerprint density at radius 1 is 1.36 bits per heavy atom. The predicted molar refractivity (Wildman–Crippen MR) is 82.9 cm³/mol. The van der Waals surface area contributed by atoms with Crippen molar-refractivity contribution in [2.24, 2.45) is 5.92 Å². The van der Waals surface area contributed by atoms with Crippen molar-refractivity contribution in [2.45, 2.75) is 39.7 Å². The van der Waals surface area contributed by atoms with Gasteiger partial charge in [0.2, 0.25) is 0 Å². The van der Waals surface area contributed by atoms with E-state index in [9.17, 15) is 19.1 Å². The number of carbonyl (C=O) groups is 2. The number of anilines is 1. The predicted octanol–water partition coefficient (Wildman–Crippen LogP) is 1.99. The Morgan fingerprint density at radius 3 is 2.55 bits per heavy atom. The van der Waals surface area contributed by atoms with Crippen LogP contribution in [0, 0.1) is 18.7 Å². The zero-order valence-corrected chi connectivity index (χ0v) is 13.4. The molecule has 2 atom stereocenters. The number of hydrogen-bond donors (Lipinski definition) is 3. The molecule has 0 unspecified atom stereocenters. The molecule has 0 spiro atoms. The fourth-order valence-corrected chi connectivity index (χ4v) is 1.90. The van der Waals surface area contributed by atoms with Crippen LogP contribution in [-0.4, -0.2) is 29.1 Å². The summed E-state index contributed by atoms with van der Waals surface area (Å²) in [7, 11) is 0. The van der Waals surface area contributed by atoms with Crippen LogP contribution < -0.4 is 10.6 Å². The maximum Gasteiger partial charge on any atom is 0.313 e. The average molecular weight is 310 g/mol. The molecule has 0 aliphatic heterocycles. The number of aryl methyl sites for hydroxylation is 1. The Balaban J connectivity index is 2.61. The molecule has 6 heteroatoms. The molecule has 22 heavy (non-hydrogen) atoms. The Kier molecular flexibility index (Phi) is 6.05. The Bertz CT molecular complexity index is 558. The topological polar surface area (TPSA) is 78.4 Å². The Labute approximate surface area is 129 Å². The van der Waals surface area contributed by atoms with Crippen molar-refractivity contribution in [1.82, 2.24) is 5.32 Å². The molecule has 0 saturated heterocycles. The molecule has 1 aromatic rings. The number of carbonyl (C=O) groups excluding carboxylic acids is 2. The lowest BCUT2D eigenvalue weighted by molar-refractivity contribution is -0.137. The monoisotopic (exact) mass is 310 g/mol. The highest BCUT2D eigenvalue weighted by atomic mass is 19.1. The molecular formula is C16H23FN2O3. The van der Waals surface area contributed by atoms with Crippen LogP contribution in [0.25, 0.3) is 0 Å². The molecule has 0 aliphatic rings. The van der Waals surface area contributed by atoms with Crippen LogP contribution in [0.1, 0.15) is 32.8 Å². The fraction of sp³-hybridized carbons (Fsp3) is 0.500. The van der Waals surface area contributed by atoms with Crippen LogP contribution >= 0.6 is 0 Å². The van der Waals surface area contributed by atoms with Crippen LogP contribution in [0.2, 0.25) is 0 Å². The molecule has 122 valence electrons. The first-order valence-corrected chi connectivity index (χ1v) is 7.25. The van der Waals surface area contributed by atoms with E-state index in [1.54, 1.807) is 13.8 Å². The van der Waals surface area contributed by atoms with Crippen LogP contribution in [0.3, 0.4) is 0 Å². The van der Waals surface area contributed by atoms with Crippen molar-refractivity contribution in [2.75, 3.05) is 11.9 Å². The van der Waals surface area contributed by atoms with Crippen LogP contribution in [0.5, 0.6) is 0 Å². The highest BCUT2D eigenvalue weighted by Crippen LogP contribution is 2.19. The Morgan fingerprint density at radius 2 is 2.00 bits per heavy atom. The summed E-state index contributed by atoms with van der Waals surface area (Å²) in [5.41, 5.74) is -0.195. The van der Waals surface area contributed by atoms with Gasteiger partial charge in [0.15, 0.2) is 0 Å². The van der Waals surface area contributed by atoms with Crippen molar-refractivity contribution >= 4 is 17.5 Å². The number of halogens is 1. The van der Waals surface area contributed by atoms with Crippen molar-refractivity contribution < 1.29 is 19.1 Å². The Hall–Kier alpha value is -1.95. The standard InChI is InChI=1S/C16H23FN2O3/c1-5-11(3)16(4,22)9-18-14(20)15(21)19-13-7-6-12(17)8-10(13)2/h6-8,11,22H,5,9H2,1-4H3,(H,18,20)(H,19,21)/t11-,16+/m1/s1. The maximum atomic E-state index is 13.0. The molecule has 5 nitrogen and oxygen atoms in total. The molecule has 3 N–H and O–H groups in total. The van der Waals surface area contributed by atoms with E-state index < -0.39 is 23.2 Å². The first-order chi connectivity index (χ1) is 10.2. The molecule has 0 bridgehead atoms. The number of hydrogen-bond acceptors (Lipinski definition) is 3. The average Bonchev–Trinajstić information content (AvgIpc) is 2.46. The summed E-state index contributed by atoms with van der Waals surface area (Å²) >= 11 is 0. The summed E-state index contributed by atoms with van der Waals surface area (Å²) in [5.74, 6) is -2.12. The molecule has 0 radical (unpaired) electrons. The molecular weight excluding hydrogens is 287 g/mol. The van der Waals surface area contributed by atoms with Gasteiger partial charge in [-0.2, -0.15) is 0 Å². The van der Waals surface area contributed by atoms with Gasteiger partial charge in [0.05, 0.1) is 5.60 Å². The van der Waals surface area contributed by atoms with Crippen LogP contribution in [0.4, 0.5) is 10.1 Å². The first kappa shape index (κ1) is 18.1. The zero-order valence-electron chi connectivity index (χ0n) is 13.4. The number of rotatable bonds is 5. The molecule has 1 rings (SSSR count). The minimum atomic E-state index is -1.09. The molecule has 2 amide bonds. The van der Waals surface area contributed by atoms with Gasteiger partial charge in [-0.15, -0.1) is 0 Å². The minimum absolute atomic E-state index is 0.0172. The normalized spacial score (nSPS) is 14.8. The van der Waals surface area contributed by atoms with Crippen molar-refractivity contribution in [1.29, 1.82) is 0 Å². The lowest BCUT2D eigenvalue weighted by Crippen LogP contribution is -2.47. The summed E-state index contributed by atoms with van der Waals surface area (Å²) in [6.07, 6.45) is 0.754. The summed E-state index contributed by atoms with van der Waals surface area (Å²) in [6.45, 7) is 7.03. The molecule has 0 saturated carbocycles. The van der Waals surface area contributed by atoms with Gasteiger partial charge in [-0.1, -0.05) is 20.3 Å². The highest BCUT2D eigenvalue weighted by molar-refractivity contribution is 6.39. The quantitative estimate of drug-likeness (QED) is 0.728. The summed E-state index contributed by atoms with van der Waals surface area (Å²) in [6, 6.07) is 3.86. The van der Waals surface area contributed by atoms with E-state index in [0.29, 0.717) is 11.3 Å². The van der Waals surface area contributed by atoms with E-state index >= 15 is 0 Å². The number of aliphatic hydroxyl groups is 1. The molecule has 0 heterocycles. The lowest BCUT2D eigenvalue weighted by atomic mass is 9.89. The van der Waals surface area contributed by atoms with Crippen LogP contribution in [0.15, 0.2) is 18.2 Å². The largest absolute Gasteiger partial charge is 0.388 e. The third kappa shape index (κ3) is 4.80.